The van der Waals surface area contributed by atoms with Crippen LogP contribution in [0.15, 0.2) is 27.8 Å². The average Bonchev–Trinajstić information content (AvgIpc) is 2.38. The Balaban J connectivity index is 2.79. The highest BCUT2D eigenvalue weighted by molar-refractivity contribution is 5.78. The number of carbonyl (C=O) groups is 1. The number of hydrogen-bond acceptors (Lipinski definition) is 4. The van der Waals surface area contributed by atoms with Crippen LogP contribution in [-0.4, -0.2) is 22.6 Å². The van der Waals surface area contributed by atoms with Crippen LogP contribution in [0.3, 0.4) is 0 Å². The van der Waals surface area contributed by atoms with Gasteiger partial charge in [-0.1, -0.05) is 0 Å². The van der Waals surface area contributed by atoms with E-state index in [-0.39, 0.29) is 10.9 Å². The van der Waals surface area contributed by atoms with Gasteiger partial charge in [-0.2, -0.15) is 0 Å². The van der Waals surface area contributed by atoms with E-state index in [9.17, 15) is 18.8 Å². The molecule has 1 heterocycles. The standard InChI is InChI=1S/C12H11FN2O4/c1-6(11(17)19-2)15-10(16)8-5-7(13)3-4-9(8)14-12(15)18/h3-6H,1-2H3,(H,14,18). The van der Waals surface area contributed by atoms with E-state index in [1.165, 1.54) is 13.0 Å². The normalized spacial score (nSPS) is 12.4. The fourth-order valence-corrected chi connectivity index (χ4v) is 1.83. The highest BCUT2D eigenvalue weighted by Crippen LogP contribution is 2.09. The van der Waals surface area contributed by atoms with E-state index >= 15 is 0 Å². The van der Waals surface area contributed by atoms with Crippen molar-refractivity contribution >= 4 is 16.9 Å². The summed E-state index contributed by atoms with van der Waals surface area (Å²) >= 11 is 0. The summed E-state index contributed by atoms with van der Waals surface area (Å²) in [6, 6.07) is 2.34. The van der Waals surface area contributed by atoms with Crippen LogP contribution in [0.25, 0.3) is 10.9 Å². The van der Waals surface area contributed by atoms with Gasteiger partial charge in [0.1, 0.15) is 11.9 Å². The number of carbonyl (C=O) groups excluding carboxylic acids is 1. The van der Waals surface area contributed by atoms with Crippen molar-refractivity contribution in [3.63, 3.8) is 0 Å². The van der Waals surface area contributed by atoms with Crippen molar-refractivity contribution < 1.29 is 13.9 Å². The second kappa shape index (κ2) is 4.68. The maximum Gasteiger partial charge on any atom is 0.329 e. The molecule has 2 aromatic rings. The fourth-order valence-electron chi connectivity index (χ4n) is 1.83. The van der Waals surface area contributed by atoms with Crippen LogP contribution >= 0.6 is 0 Å². The molecule has 1 aromatic carbocycles. The Morgan fingerprint density at radius 2 is 2.11 bits per heavy atom. The molecule has 0 spiro atoms. The van der Waals surface area contributed by atoms with Gasteiger partial charge in [-0.15, -0.1) is 0 Å². The summed E-state index contributed by atoms with van der Waals surface area (Å²) in [6.07, 6.45) is 0. The van der Waals surface area contributed by atoms with Crippen LogP contribution in [0.1, 0.15) is 13.0 Å². The highest BCUT2D eigenvalue weighted by Gasteiger charge is 2.20. The summed E-state index contributed by atoms with van der Waals surface area (Å²) in [5.41, 5.74) is -1.28. The van der Waals surface area contributed by atoms with Gasteiger partial charge in [-0.05, 0) is 25.1 Å². The van der Waals surface area contributed by atoms with Gasteiger partial charge in [-0.25, -0.2) is 18.5 Å². The van der Waals surface area contributed by atoms with Crippen LogP contribution < -0.4 is 11.2 Å². The van der Waals surface area contributed by atoms with Gasteiger partial charge < -0.3 is 9.72 Å². The smallest absolute Gasteiger partial charge is 0.329 e. The Morgan fingerprint density at radius 3 is 2.74 bits per heavy atom. The summed E-state index contributed by atoms with van der Waals surface area (Å²) < 4.78 is 18.3. The van der Waals surface area contributed by atoms with Crippen molar-refractivity contribution in [3.8, 4) is 0 Å². The summed E-state index contributed by atoms with van der Waals surface area (Å²) in [6.45, 7) is 1.35. The third kappa shape index (κ3) is 2.14. The lowest BCUT2D eigenvalue weighted by atomic mass is 10.2. The van der Waals surface area contributed by atoms with Crippen molar-refractivity contribution in [1.82, 2.24) is 9.55 Å². The Kier molecular flexibility index (Phi) is 3.20. The largest absolute Gasteiger partial charge is 0.467 e. The predicted molar refractivity (Wildman–Crippen MR) is 65.5 cm³/mol. The molecule has 0 bridgehead atoms. The number of nitrogens with one attached hydrogen (secondary N) is 1. The summed E-state index contributed by atoms with van der Waals surface area (Å²) in [4.78, 5) is 37.8. The summed E-state index contributed by atoms with van der Waals surface area (Å²) in [5, 5.41) is -0.00430. The zero-order valence-electron chi connectivity index (χ0n) is 10.3. The van der Waals surface area contributed by atoms with Gasteiger partial charge in [0.15, 0.2) is 0 Å². The number of fused-ring (bicyclic) bond motifs is 1. The number of H-pyrrole nitrogens is 1. The van der Waals surface area contributed by atoms with E-state index in [1.54, 1.807) is 0 Å². The lowest BCUT2D eigenvalue weighted by molar-refractivity contribution is -0.144. The molecule has 19 heavy (non-hydrogen) atoms. The monoisotopic (exact) mass is 266 g/mol. The molecular weight excluding hydrogens is 255 g/mol. The van der Waals surface area contributed by atoms with Crippen molar-refractivity contribution in [1.29, 1.82) is 0 Å². The maximum absolute atomic E-state index is 13.1. The highest BCUT2D eigenvalue weighted by atomic mass is 19.1. The minimum Gasteiger partial charge on any atom is -0.467 e. The Labute approximate surface area is 106 Å². The fraction of sp³-hybridized carbons (Fsp3) is 0.250. The molecule has 1 N–H and O–H groups in total. The molecule has 0 saturated carbocycles. The van der Waals surface area contributed by atoms with E-state index in [4.69, 9.17) is 0 Å². The predicted octanol–water partition coefficient (Wildman–Crippen LogP) is 0.563. The van der Waals surface area contributed by atoms with Crippen molar-refractivity contribution in [2.24, 2.45) is 0 Å². The minimum atomic E-state index is -1.09. The lowest BCUT2D eigenvalue weighted by Gasteiger charge is -2.12. The molecular formula is C12H11FN2O4. The molecule has 0 aliphatic carbocycles. The topological polar surface area (TPSA) is 81.2 Å². The molecule has 0 saturated heterocycles. The molecule has 1 unspecified atom stereocenters. The zero-order chi connectivity index (χ0) is 14.2. The number of halogens is 1. The Hall–Kier alpha value is -2.44. The van der Waals surface area contributed by atoms with E-state index in [0.717, 1.165) is 19.2 Å². The first-order chi connectivity index (χ1) is 8.95. The van der Waals surface area contributed by atoms with E-state index in [2.05, 4.69) is 9.72 Å². The molecule has 1 aromatic heterocycles. The number of aromatic amines is 1. The van der Waals surface area contributed by atoms with Crippen LogP contribution in [-0.2, 0) is 9.53 Å². The van der Waals surface area contributed by atoms with Gasteiger partial charge in [0.25, 0.3) is 5.56 Å². The first-order valence-electron chi connectivity index (χ1n) is 5.47. The van der Waals surface area contributed by atoms with Gasteiger partial charge in [0.05, 0.1) is 18.0 Å². The Bertz CT molecular complexity index is 762. The molecule has 0 aliphatic heterocycles. The molecule has 100 valence electrons. The zero-order valence-corrected chi connectivity index (χ0v) is 10.3. The third-order valence-electron chi connectivity index (χ3n) is 2.82. The number of aromatic nitrogens is 2. The number of hydrogen-bond donors (Lipinski definition) is 1. The molecule has 1 atom stereocenters. The number of methoxy groups -OCH3 is 1. The molecule has 0 radical (unpaired) electrons. The number of ether oxygens (including phenoxy) is 1. The first-order valence-corrected chi connectivity index (χ1v) is 5.47. The van der Waals surface area contributed by atoms with Gasteiger partial charge in [0.2, 0.25) is 0 Å². The number of nitrogens with zero attached hydrogens (tertiary/aromatic N) is 1. The average molecular weight is 266 g/mol. The second-order valence-electron chi connectivity index (χ2n) is 3.99. The van der Waals surface area contributed by atoms with Crippen molar-refractivity contribution in [2.45, 2.75) is 13.0 Å². The summed E-state index contributed by atoms with van der Waals surface area (Å²) in [5.74, 6) is -1.34. The molecule has 0 fully saturated rings. The summed E-state index contributed by atoms with van der Waals surface area (Å²) in [7, 11) is 1.15. The molecule has 0 amide bonds. The Morgan fingerprint density at radius 1 is 1.42 bits per heavy atom. The van der Waals surface area contributed by atoms with Crippen LogP contribution in [0.5, 0.6) is 0 Å². The van der Waals surface area contributed by atoms with Gasteiger partial charge >= 0.3 is 11.7 Å². The quantitative estimate of drug-likeness (QED) is 0.805. The molecule has 7 heteroatoms. The first kappa shape index (κ1) is 13.0. The molecule has 6 nitrogen and oxygen atoms in total. The van der Waals surface area contributed by atoms with Crippen molar-refractivity contribution in [3.05, 3.63) is 44.9 Å². The van der Waals surface area contributed by atoms with E-state index in [0.29, 0.717) is 4.57 Å². The van der Waals surface area contributed by atoms with E-state index < -0.39 is 29.1 Å². The number of rotatable bonds is 2. The lowest BCUT2D eigenvalue weighted by Crippen LogP contribution is -2.40. The van der Waals surface area contributed by atoms with Gasteiger partial charge in [-0.3, -0.25) is 4.79 Å². The van der Waals surface area contributed by atoms with E-state index in [1.807, 2.05) is 0 Å². The number of esters is 1. The third-order valence-corrected chi connectivity index (χ3v) is 2.82. The van der Waals surface area contributed by atoms with Crippen LogP contribution in [0, 0.1) is 5.82 Å². The van der Waals surface area contributed by atoms with Gasteiger partial charge in [0, 0.05) is 0 Å². The molecule has 0 aliphatic rings. The SMILES string of the molecule is COC(=O)C(C)n1c(=O)[nH]c2ccc(F)cc2c1=O. The molecule has 2 rings (SSSR count). The van der Waals surface area contributed by atoms with Crippen molar-refractivity contribution in [2.75, 3.05) is 7.11 Å². The maximum atomic E-state index is 13.1. The number of benzene rings is 1. The second-order valence-corrected chi connectivity index (χ2v) is 3.99. The minimum absolute atomic E-state index is 0.00430. The van der Waals surface area contributed by atoms with Crippen LogP contribution in [0.2, 0.25) is 0 Å². The van der Waals surface area contributed by atoms with Crippen LogP contribution in [0.4, 0.5) is 4.39 Å².